The van der Waals surface area contributed by atoms with Crippen molar-refractivity contribution in [2.24, 2.45) is 11.8 Å². The van der Waals surface area contributed by atoms with Crippen LogP contribution in [-0.2, 0) is 20.9 Å². The van der Waals surface area contributed by atoms with Gasteiger partial charge in [-0.25, -0.2) is 4.79 Å². The van der Waals surface area contributed by atoms with Crippen molar-refractivity contribution in [2.45, 2.75) is 46.7 Å². The van der Waals surface area contributed by atoms with Crippen LogP contribution >= 0.6 is 0 Å². The molecule has 0 spiro atoms. The number of rotatable bonds is 8. The lowest BCUT2D eigenvalue weighted by molar-refractivity contribution is -0.123. The lowest BCUT2D eigenvalue weighted by Gasteiger charge is -2.19. The summed E-state index contributed by atoms with van der Waals surface area (Å²) in [5, 5.41) is 8.18. The Kier molecular flexibility index (Phi) is 8.61. The van der Waals surface area contributed by atoms with E-state index in [1.807, 2.05) is 39.8 Å². The molecule has 0 saturated carbocycles. The molecule has 0 aromatic heterocycles. The van der Waals surface area contributed by atoms with Crippen LogP contribution in [0, 0.1) is 11.8 Å². The van der Waals surface area contributed by atoms with Crippen LogP contribution in [0.4, 0.5) is 10.5 Å². The quantitative estimate of drug-likeness (QED) is 0.661. The molecule has 3 N–H and O–H groups in total. The molecule has 1 aromatic carbocycles. The fraction of sp³-hybridized carbons (Fsp3) is 0.526. The summed E-state index contributed by atoms with van der Waals surface area (Å²) in [5.74, 6) is -0.154. The Balaban J connectivity index is 2.61. The Labute approximate surface area is 154 Å². The molecule has 1 unspecified atom stereocenters. The standard InChI is InChI=1S/C19H29N3O4/c1-12(2)10-16(22-19(25)26-5)18(24)20-11-14-6-8-15(9-7-14)21-17(23)13(3)4/h6-9,12-13,16H,10-11H2,1-5H3,(H,20,24)(H,21,23)(H,22,25). The average molecular weight is 363 g/mol. The van der Waals surface area contributed by atoms with Crippen LogP contribution in [-0.4, -0.2) is 31.1 Å². The smallest absolute Gasteiger partial charge is 0.407 e. The maximum atomic E-state index is 12.4. The van der Waals surface area contributed by atoms with E-state index >= 15 is 0 Å². The molecule has 1 rings (SSSR count). The second-order valence-corrected chi connectivity index (χ2v) is 6.88. The first-order valence-electron chi connectivity index (χ1n) is 8.75. The predicted octanol–water partition coefficient (Wildman–Crippen LogP) is 2.67. The van der Waals surface area contributed by atoms with E-state index in [1.165, 1.54) is 7.11 Å². The minimum absolute atomic E-state index is 0.0449. The normalized spacial score (nSPS) is 11.8. The Morgan fingerprint density at radius 3 is 2.12 bits per heavy atom. The molecule has 1 atom stereocenters. The Bertz CT molecular complexity index is 612. The maximum Gasteiger partial charge on any atom is 0.407 e. The van der Waals surface area contributed by atoms with E-state index in [-0.39, 0.29) is 23.7 Å². The van der Waals surface area contributed by atoms with Crippen LogP contribution in [0.5, 0.6) is 0 Å². The second-order valence-electron chi connectivity index (χ2n) is 6.88. The lowest BCUT2D eigenvalue weighted by Crippen LogP contribution is -2.47. The van der Waals surface area contributed by atoms with E-state index in [2.05, 4.69) is 20.7 Å². The summed E-state index contributed by atoms with van der Waals surface area (Å²) in [6.45, 7) is 7.94. The van der Waals surface area contributed by atoms with Crippen molar-refractivity contribution in [3.63, 3.8) is 0 Å². The number of methoxy groups -OCH3 is 1. The molecule has 0 aliphatic rings. The predicted molar refractivity (Wildman–Crippen MR) is 101 cm³/mol. The summed E-state index contributed by atoms with van der Waals surface area (Å²) < 4.78 is 4.57. The summed E-state index contributed by atoms with van der Waals surface area (Å²) >= 11 is 0. The van der Waals surface area contributed by atoms with E-state index in [0.717, 1.165) is 5.56 Å². The van der Waals surface area contributed by atoms with Crippen molar-refractivity contribution in [2.75, 3.05) is 12.4 Å². The highest BCUT2D eigenvalue weighted by Crippen LogP contribution is 2.11. The third-order valence-electron chi connectivity index (χ3n) is 3.71. The first-order valence-corrected chi connectivity index (χ1v) is 8.75. The first kappa shape index (κ1) is 21.5. The highest BCUT2D eigenvalue weighted by Gasteiger charge is 2.22. The number of hydrogen-bond acceptors (Lipinski definition) is 4. The SMILES string of the molecule is COC(=O)NC(CC(C)C)C(=O)NCc1ccc(NC(=O)C(C)C)cc1. The number of ether oxygens (including phenoxy) is 1. The van der Waals surface area contributed by atoms with Gasteiger partial charge in [0.1, 0.15) is 6.04 Å². The van der Waals surface area contributed by atoms with E-state index in [1.54, 1.807) is 12.1 Å². The number of alkyl carbamates (subject to hydrolysis) is 1. The molecule has 144 valence electrons. The molecular weight excluding hydrogens is 334 g/mol. The van der Waals surface area contributed by atoms with Crippen molar-refractivity contribution in [3.8, 4) is 0 Å². The van der Waals surface area contributed by atoms with Crippen LogP contribution in [0.1, 0.15) is 39.7 Å². The second kappa shape index (κ2) is 10.4. The van der Waals surface area contributed by atoms with Gasteiger partial charge in [-0.05, 0) is 30.0 Å². The van der Waals surface area contributed by atoms with E-state index in [9.17, 15) is 14.4 Å². The van der Waals surface area contributed by atoms with Crippen molar-refractivity contribution in [3.05, 3.63) is 29.8 Å². The van der Waals surface area contributed by atoms with Crippen LogP contribution in [0.15, 0.2) is 24.3 Å². The molecule has 3 amide bonds. The molecule has 0 heterocycles. The highest BCUT2D eigenvalue weighted by molar-refractivity contribution is 5.92. The summed E-state index contributed by atoms with van der Waals surface area (Å²) in [4.78, 5) is 35.4. The number of nitrogens with one attached hydrogen (secondary N) is 3. The van der Waals surface area contributed by atoms with Gasteiger partial charge in [-0.2, -0.15) is 0 Å². The largest absolute Gasteiger partial charge is 0.453 e. The number of anilines is 1. The molecule has 7 heteroatoms. The summed E-state index contributed by atoms with van der Waals surface area (Å²) in [5.41, 5.74) is 1.60. The topological polar surface area (TPSA) is 96.5 Å². The van der Waals surface area contributed by atoms with Crippen molar-refractivity contribution < 1.29 is 19.1 Å². The van der Waals surface area contributed by atoms with Crippen molar-refractivity contribution in [1.82, 2.24) is 10.6 Å². The maximum absolute atomic E-state index is 12.4. The van der Waals surface area contributed by atoms with Gasteiger partial charge in [0.25, 0.3) is 0 Å². The number of carbonyl (C=O) groups excluding carboxylic acids is 3. The van der Waals surface area contributed by atoms with Gasteiger partial charge in [0, 0.05) is 18.2 Å². The molecule has 0 saturated heterocycles. The number of hydrogen-bond donors (Lipinski definition) is 3. The number of amides is 3. The van der Waals surface area contributed by atoms with Crippen LogP contribution in [0.25, 0.3) is 0 Å². The summed E-state index contributed by atoms with van der Waals surface area (Å²) in [7, 11) is 1.26. The monoisotopic (exact) mass is 363 g/mol. The molecule has 26 heavy (non-hydrogen) atoms. The Morgan fingerprint density at radius 1 is 1.00 bits per heavy atom. The van der Waals surface area contributed by atoms with E-state index < -0.39 is 12.1 Å². The molecule has 1 aromatic rings. The lowest BCUT2D eigenvalue weighted by atomic mass is 10.0. The van der Waals surface area contributed by atoms with Crippen LogP contribution in [0.2, 0.25) is 0 Å². The van der Waals surface area contributed by atoms with Crippen molar-refractivity contribution >= 4 is 23.6 Å². The number of carbonyl (C=O) groups is 3. The van der Waals surface area contributed by atoms with Gasteiger partial charge in [-0.1, -0.05) is 39.8 Å². The summed E-state index contributed by atoms with van der Waals surface area (Å²) in [6, 6.07) is 6.61. The Hall–Kier alpha value is -2.57. The molecule has 0 aliphatic carbocycles. The van der Waals surface area contributed by atoms with Gasteiger partial charge >= 0.3 is 6.09 Å². The molecular formula is C19H29N3O4. The minimum atomic E-state index is -0.646. The Morgan fingerprint density at radius 2 is 1.62 bits per heavy atom. The molecule has 0 fully saturated rings. The first-order chi connectivity index (χ1) is 12.2. The van der Waals surface area contributed by atoms with E-state index in [0.29, 0.717) is 18.7 Å². The van der Waals surface area contributed by atoms with Gasteiger partial charge < -0.3 is 20.7 Å². The zero-order valence-electron chi connectivity index (χ0n) is 16.1. The minimum Gasteiger partial charge on any atom is -0.453 e. The van der Waals surface area contributed by atoms with Gasteiger partial charge in [0.2, 0.25) is 11.8 Å². The zero-order chi connectivity index (χ0) is 19.7. The van der Waals surface area contributed by atoms with Gasteiger partial charge in [0.05, 0.1) is 7.11 Å². The van der Waals surface area contributed by atoms with E-state index in [4.69, 9.17) is 0 Å². The van der Waals surface area contributed by atoms with Crippen LogP contribution in [0.3, 0.4) is 0 Å². The molecule has 0 bridgehead atoms. The third-order valence-corrected chi connectivity index (χ3v) is 3.71. The fourth-order valence-corrected chi connectivity index (χ4v) is 2.21. The highest BCUT2D eigenvalue weighted by atomic mass is 16.5. The molecule has 0 radical (unpaired) electrons. The summed E-state index contributed by atoms with van der Waals surface area (Å²) in [6.07, 6.45) is -0.114. The van der Waals surface area contributed by atoms with Crippen molar-refractivity contribution in [1.29, 1.82) is 0 Å². The fourth-order valence-electron chi connectivity index (χ4n) is 2.21. The molecule has 7 nitrogen and oxygen atoms in total. The van der Waals surface area contributed by atoms with Gasteiger partial charge in [-0.3, -0.25) is 9.59 Å². The average Bonchev–Trinajstić information content (AvgIpc) is 2.59. The van der Waals surface area contributed by atoms with Crippen LogP contribution < -0.4 is 16.0 Å². The van der Waals surface area contributed by atoms with Gasteiger partial charge in [0.15, 0.2) is 0 Å². The third kappa shape index (κ3) is 7.55. The number of benzene rings is 1. The zero-order valence-corrected chi connectivity index (χ0v) is 16.1. The molecule has 0 aliphatic heterocycles. The van der Waals surface area contributed by atoms with Gasteiger partial charge in [-0.15, -0.1) is 0 Å².